The molecule has 0 aliphatic carbocycles. The summed E-state index contributed by atoms with van der Waals surface area (Å²) in [6.07, 6.45) is 3.10. The zero-order chi connectivity index (χ0) is 18.5. The Morgan fingerprint density at radius 2 is 1.67 bits per heavy atom. The maximum absolute atomic E-state index is 12.0. The third-order valence-electron chi connectivity index (χ3n) is 4.81. The van der Waals surface area contributed by atoms with E-state index in [1.165, 1.54) is 0 Å². The largest absolute Gasteiger partial charge is 0.518 e. The van der Waals surface area contributed by atoms with Crippen LogP contribution >= 0.6 is 0 Å². The van der Waals surface area contributed by atoms with E-state index in [4.69, 9.17) is 13.3 Å². The molecular formula is C17H39NO4Si2. The first-order valence-corrected chi connectivity index (χ1v) is 14.6. The average molecular weight is 378 g/mol. The Balaban J connectivity index is 3.91. The molecule has 0 aromatic rings. The van der Waals surface area contributed by atoms with Gasteiger partial charge in [0.2, 0.25) is 0 Å². The van der Waals surface area contributed by atoms with Crippen LogP contribution in [0.1, 0.15) is 47.0 Å². The van der Waals surface area contributed by atoms with Crippen LogP contribution in [-0.4, -0.2) is 49.7 Å². The predicted octanol–water partition coefficient (Wildman–Crippen LogP) is 4.05. The van der Waals surface area contributed by atoms with Gasteiger partial charge in [-0.3, -0.25) is 4.79 Å². The molecule has 7 heteroatoms. The van der Waals surface area contributed by atoms with Gasteiger partial charge in [0, 0.05) is 13.7 Å². The molecule has 0 aromatic carbocycles. The van der Waals surface area contributed by atoms with E-state index in [1.807, 2.05) is 0 Å². The summed E-state index contributed by atoms with van der Waals surface area (Å²) in [4.78, 5) is 12.0. The van der Waals surface area contributed by atoms with Gasteiger partial charge >= 0.3 is 14.5 Å². The van der Waals surface area contributed by atoms with Crippen LogP contribution in [0.25, 0.3) is 0 Å². The molecule has 0 bridgehead atoms. The standard InChI is InChI=1S/C17H39NO4Si2/c1-7-14-21-23(6,20-5)15-12-11-13-18-16-17(19)22-24(8-2,9-3)10-4/h18H,7-16H2,1-6H3. The molecule has 0 saturated carbocycles. The highest BCUT2D eigenvalue weighted by Gasteiger charge is 2.32. The van der Waals surface area contributed by atoms with Gasteiger partial charge in [0.25, 0.3) is 8.32 Å². The highest BCUT2D eigenvalue weighted by Crippen LogP contribution is 2.21. The molecular weight excluding hydrogens is 338 g/mol. The second-order valence-corrected chi connectivity index (χ2v) is 14.7. The average Bonchev–Trinajstić information content (AvgIpc) is 2.61. The van der Waals surface area contributed by atoms with Gasteiger partial charge in [-0.25, -0.2) is 0 Å². The smallest absolute Gasteiger partial charge is 0.334 e. The topological polar surface area (TPSA) is 56.8 Å². The summed E-state index contributed by atoms with van der Waals surface area (Å²) in [6, 6.07) is 4.00. The molecule has 1 atom stereocenters. The van der Waals surface area contributed by atoms with Crippen LogP contribution in [0, 0.1) is 0 Å². The summed E-state index contributed by atoms with van der Waals surface area (Å²) in [6.45, 7) is 12.6. The summed E-state index contributed by atoms with van der Waals surface area (Å²) in [5.41, 5.74) is 0. The van der Waals surface area contributed by atoms with Crippen molar-refractivity contribution in [3.05, 3.63) is 0 Å². The van der Waals surface area contributed by atoms with Crippen molar-refractivity contribution in [2.24, 2.45) is 0 Å². The first kappa shape index (κ1) is 23.8. The van der Waals surface area contributed by atoms with Crippen LogP contribution in [0.2, 0.25) is 30.7 Å². The Bertz CT molecular complexity index is 332. The lowest BCUT2D eigenvalue weighted by Crippen LogP contribution is -2.41. The fraction of sp³-hybridized carbons (Fsp3) is 0.941. The molecule has 24 heavy (non-hydrogen) atoms. The Labute approximate surface area is 151 Å². The summed E-state index contributed by atoms with van der Waals surface area (Å²) in [5.74, 6) is -0.0883. The van der Waals surface area contributed by atoms with Crippen LogP contribution in [0.5, 0.6) is 0 Å². The predicted molar refractivity (Wildman–Crippen MR) is 105 cm³/mol. The van der Waals surface area contributed by atoms with Gasteiger partial charge in [0.1, 0.15) is 0 Å². The van der Waals surface area contributed by atoms with Gasteiger partial charge in [-0.05, 0) is 50.1 Å². The maximum Gasteiger partial charge on any atom is 0.334 e. The molecule has 1 unspecified atom stereocenters. The summed E-state index contributed by atoms with van der Waals surface area (Å²) < 4.78 is 17.3. The SMILES string of the molecule is CCCO[Si](C)(CCCCNCC(=O)O[Si](CC)(CC)CC)OC. The molecule has 5 nitrogen and oxygen atoms in total. The highest BCUT2D eigenvalue weighted by molar-refractivity contribution is 6.74. The Kier molecular flexibility index (Phi) is 12.9. The molecule has 0 fully saturated rings. The van der Waals surface area contributed by atoms with Crippen molar-refractivity contribution in [3.63, 3.8) is 0 Å². The minimum absolute atomic E-state index is 0.0883. The van der Waals surface area contributed by atoms with E-state index in [9.17, 15) is 4.79 Å². The second kappa shape index (κ2) is 13.0. The number of nitrogens with one attached hydrogen (secondary N) is 1. The van der Waals surface area contributed by atoms with E-state index < -0.39 is 16.9 Å². The van der Waals surface area contributed by atoms with Crippen molar-refractivity contribution in [3.8, 4) is 0 Å². The number of carbonyl (C=O) groups is 1. The third kappa shape index (κ3) is 9.31. The zero-order valence-electron chi connectivity index (χ0n) is 16.7. The van der Waals surface area contributed by atoms with E-state index in [1.54, 1.807) is 7.11 Å². The van der Waals surface area contributed by atoms with Crippen molar-refractivity contribution in [1.29, 1.82) is 0 Å². The van der Waals surface area contributed by atoms with Crippen molar-refractivity contribution in [2.75, 3.05) is 26.8 Å². The molecule has 0 radical (unpaired) electrons. The van der Waals surface area contributed by atoms with Gasteiger partial charge in [0.15, 0.2) is 0 Å². The van der Waals surface area contributed by atoms with Crippen LogP contribution < -0.4 is 5.32 Å². The van der Waals surface area contributed by atoms with Gasteiger partial charge in [-0.1, -0.05) is 34.1 Å². The highest BCUT2D eigenvalue weighted by atomic mass is 28.4. The van der Waals surface area contributed by atoms with Crippen LogP contribution in [0.3, 0.4) is 0 Å². The number of hydrogen-bond donors (Lipinski definition) is 1. The Morgan fingerprint density at radius 3 is 2.17 bits per heavy atom. The van der Waals surface area contributed by atoms with Crippen molar-refractivity contribution >= 4 is 22.8 Å². The Morgan fingerprint density at radius 1 is 1.04 bits per heavy atom. The molecule has 144 valence electrons. The summed E-state index contributed by atoms with van der Waals surface area (Å²) >= 11 is 0. The lowest BCUT2D eigenvalue weighted by Gasteiger charge is -2.27. The third-order valence-corrected chi connectivity index (χ3v) is 12.3. The normalized spacial score (nSPS) is 14.4. The zero-order valence-corrected chi connectivity index (χ0v) is 18.7. The van der Waals surface area contributed by atoms with Gasteiger partial charge < -0.3 is 18.6 Å². The minimum Gasteiger partial charge on any atom is -0.518 e. The molecule has 0 amide bonds. The molecule has 0 saturated heterocycles. The number of carbonyl (C=O) groups excluding carboxylic acids is 1. The first-order chi connectivity index (χ1) is 11.4. The lowest BCUT2D eigenvalue weighted by molar-refractivity contribution is -0.134. The number of rotatable bonds is 15. The minimum atomic E-state index is -1.99. The van der Waals surface area contributed by atoms with E-state index in [0.29, 0.717) is 6.54 Å². The molecule has 0 aliphatic heterocycles. The van der Waals surface area contributed by atoms with E-state index in [0.717, 1.165) is 56.6 Å². The lowest BCUT2D eigenvalue weighted by atomic mass is 10.3. The molecule has 0 aromatic heterocycles. The number of unbranched alkanes of at least 4 members (excludes halogenated alkanes) is 1. The number of hydrogen-bond acceptors (Lipinski definition) is 5. The molecule has 0 heterocycles. The van der Waals surface area contributed by atoms with Crippen LogP contribution in [0.4, 0.5) is 0 Å². The van der Waals surface area contributed by atoms with Gasteiger partial charge in [-0.2, -0.15) is 0 Å². The van der Waals surface area contributed by atoms with Gasteiger partial charge in [0.05, 0.1) is 6.54 Å². The monoisotopic (exact) mass is 377 g/mol. The van der Waals surface area contributed by atoms with E-state index >= 15 is 0 Å². The first-order valence-electron chi connectivity index (χ1n) is 9.52. The van der Waals surface area contributed by atoms with E-state index in [2.05, 4.69) is 39.6 Å². The van der Waals surface area contributed by atoms with Crippen LogP contribution in [0.15, 0.2) is 0 Å². The quantitative estimate of drug-likeness (QED) is 0.345. The molecule has 1 N–H and O–H groups in total. The van der Waals surface area contributed by atoms with Crippen LogP contribution in [-0.2, 0) is 18.1 Å². The molecule has 0 aliphatic rings. The fourth-order valence-corrected chi connectivity index (χ4v) is 7.16. The molecule has 0 spiro atoms. The summed E-state index contributed by atoms with van der Waals surface area (Å²) in [5, 5.41) is 3.21. The molecule has 0 rings (SSSR count). The van der Waals surface area contributed by atoms with Crippen molar-refractivity contribution in [1.82, 2.24) is 5.32 Å². The fourth-order valence-electron chi connectivity index (χ4n) is 2.68. The van der Waals surface area contributed by atoms with E-state index in [-0.39, 0.29) is 5.97 Å². The summed E-state index contributed by atoms with van der Waals surface area (Å²) in [7, 11) is -2.05. The van der Waals surface area contributed by atoms with Crippen molar-refractivity contribution < 1.29 is 18.1 Å². The second-order valence-electron chi connectivity index (χ2n) is 6.54. The van der Waals surface area contributed by atoms with Crippen molar-refractivity contribution in [2.45, 2.75) is 77.7 Å². The van der Waals surface area contributed by atoms with Gasteiger partial charge in [-0.15, -0.1) is 0 Å². The Hall–Kier alpha value is -0.216. The maximum atomic E-state index is 12.0.